The van der Waals surface area contributed by atoms with Crippen molar-refractivity contribution in [2.24, 2.45) is 11.7 Å². The SMILES string of the molecule is Cc1cccc(N2CCN(CC(C)C(C)N)CC2)c1. The lowest BCUT2D eigenvalue weighted by Gasteiger charge is -2.37. The predicted molar refractivity (Wildman–Crippen MR) is 82.6 cm³/mol. The number of nitrogens with two attached hydrogens (primary N) is 1. The first-order valence-corrected chi connectivity index (χ1v) is 7.36. The number of anilines is 1. The smallest absolute Gasteiger partial charge is 0.0369 e. The lowest BCUT2D eigenvalue weighted by Crippen LogP contribution is -2.49. The average Bonchev–Trinajstić information content (AvgIpc) is 2.39. The van der Waals surface area contributed by atoms with Crippen LogP contribution in [0.3, 0.4) is 0 Å². The average molecular weight is 261 g/mol. The molecule has 1 saturated heterocycles. The van der Waals surface area contributed by atoms with Gasteiger partial charge in [0.25, 0.3) is 0 Å². The summed E-state index contributed by atoms with van der Waals surface area (Å²) in [5.41, 5.74) is 8.65. The van der Waals surface area contributed by atoms with Crippen LogP contribution in [-0.4, -0.2) is 43.7 Å². The second kappa shape index (κ2) is 6.40. The van der Waals surface area contributed by atoms with E-state index in [-0.39, 0.29) is 6.04 Å². The molecule has 1 heterocycles. The highest BCUT2D eigenvalue weighted by Gasteiger charge is 2.19. The first-order valence-electron chi connectivity index (χ1n) is 7.36. The molecule has 2 atom stereocenters. The first kappa shape index (κ1) is 14.4. The maximum absolute atomic E-state index is 5.95. The molecule has 0 saturated carbocycles. The topological polar surface area (TPSA) is 32.5 Å². The third-order valence-corrected chi connectivity index (χ3v) is 4.18. The molecule has 1 aliphatic rings. The van der Waals surface area contributed by atoms with Crippen LogP contribution in [-0.2, 0) is 0 Å². The molecule has 0 radical (unpaired) electrons. The molecule has 106 valence electrons. The summed E-state index contributed by atoms with van der Waals surface area (Å²) >= 11 is 0. The van der Waals surface area contributed by atoms with Gasteiger partial charge in [0.2, 0.25) is 0 Å². The van der Waals surface area contributed by atoms with Crippen molar-refractivity contribution in [3.63, 3.8) is 0 Å². The number of benzene rings is 1. The predicted octanol–water partition coefficient (Wildman–Crippen LogP) is 2.10. The van der Waals surface area contributed by atoms with Gasteiger partial charge < -0.3 is 10.6 Å². The molecule has 0 aromatic heterocycles. The van der Waals surface area contributed by atoms with Gasteiger partial charge in [-0.2, -0.15) is 0 Å². The molecule has 1 aromatic rings. The Hall–Kier alpha value is -1.06. The molecular formula is C16H27N3. The van der Waals surface area contributed by atoms with Gasteiger partial charge in [-0.05, 0) is 37.5 Å². The largest absolute Gasteiger partial charge is 0.369 e. The molecule has 2 N–H and O–H groups in total. The van der Waals surface area contributed by atoms with E-state index < -0.39 is 0 Å². The summed E-state index contributed by atoms with van der Waals surface area (Å²) in [4.78, 5) is 5.03. The quantitative estimate of drug-likeness (QED) is 0.901. The second-order valence-electron chi connectivity index (χ2n) is 5.96. The van der Waals surface area contributed by atoms with Crippen LogP contribution >= 0.6 is 0 Å². The van der Waals surface area contributed by atoms with Gasteiger partial charge in [-0.1, -0.05) is 19.1 Å². The molecule has 0 amide bonds. The third-order valence-electron chi connectivity index (χ3n) is 4.18. The summed E-state index contributed by atoms with van der Waals surface area (Å²) in [5.74, 6) is 0.575. The molecule has 0 aliphatic carbocycles. The highest BCUT2D eigenvalue weighted by Crippen LogP contribution is 2.18. The molecule has 3 nitrogen and oxygen atoms in total. The van der Waals surface area contributed by atoms with Crippen molar-refractivity contribution in [3.05, 3.63) is 29.8 Å². The summed E-state index contributed by atoms with van der Waals surface area (Å²) in [6.07, 6.45) is 0. The van der Waals surface area contributed by atoms with Gasteiger partial charge in [0.1, 0.15) is 0 Å². The van der Waals surface area contributed by atoms with E-state index >= 15 is 0 Å². The Morgan fingerprint density at radius 1 is 1.16 bits per heavy atom. The maximum Gasteiger partial charge on any atom is 0.0369 e. The molecule has 0 bridgehead atoms. The molecule has 3 heteroatoms. The molecular weight excluding hydrogens is 234 g/mol. The van der Waals surface area contributed by atoms with Gasteiger partial charge in [-0.25, -0.2) is 0 Å². The summed E-state index contributed by atoms with van der Waals surface area (Å²) in [7, 11) is 0. The van der Waals surface area contributed by atoms with Crippen molar-refractivity contribution in [1.82, 2.24) is 4.90 Å². The fourth-order valence-corrected chi connectivity index (χ4v) is 2.59. The summed E-state index contributed by atoms with van der Waals surface area (Å²) in [6.45, 7) is 12.2. The van der Waals surface area contributed by atoms with Crippen LogP contribution in [0.4, 0.5) is 5.69 Å². The lowest BCUT2D eigenvalue weighted by atomic mass is 10.0. The Bertz CT molecular complexity index is 395. The molecule has 19 heavy (non-hydrogen) atoms. The zero-order valence-electron chi connectivity index (χ0n) is 12.5. The van der Waals surface area contributed by atoms with Crippen LogP contribution < -0.4 is 10.6 Å². The minimum atomic E-state index is 0.287. The van der Waals surface area contributed by atoms with Crippen LogP contribution in [0.15, 0.2) is 24.3 Å². The van der Waals surface area contributed by atoms with Gasteiger partial charge in [0.05, 0.1) is 0 Å². The Labute approximate surface area is 117 Å². The third kappa shape index (κ3) is 3.95. The number of hydrogen-bond acceptors (Lipinski definition) is 3. The number of hydrogen-bond donors (Lipinski definition) is 1. The van der Waals surface area contributed by atoms with Crippen molar-refractivity contribution in [2.75, 3.05) is 37.6 Å². The van der Waals surface area contributed by atoms with Gasteiger partial charge in [-0.15, -0.1) is 0 Å². The van der Waals surface area contributed by atoms with Gasteiger partial charge in [0, 0.05) is 44.5 Å². The van der Waals surface area contributed by atoms with E-state index in [1.54, 1.807) is 0 Å². The van der Waals surface area contributed by atoms with Crippen molar-refractivity contribution >= 4 is 5.69 Å². The van der Waals surface area contributed by atoms with E-state index in [1.165, 1.54) is 11.3 Å². The van der Waals surface area contributed by atoms with E-state index in [0.29, 0.717) is 5.92 Å². The fourth-order valence-electron chi connectivity index (χ4n) is 2.59. The Balaban J connectivity index is 1.85. The monoisotopic (exact) mass is 261 g/mol. The van der Waals surface area contributed by atoms with Crippen molar-refractivity contribution in [3.8, 4) is 0 Å². The van der Waals surface area contributed by atoms with E-state index in [4.69, 9.17) is 5.73 Å². The summed E-state index contributed by atoms with van der Waals surface area (Å²) in [6, 6.07) is 9.09. The minimum absolute atomic E-state index is 0.287. The molecule has 2 rings (SSSR count). The zero-order chi connectivity index (χ0) is 13.8. The van der Waals surface area contributed by atoms with Crippen molar-refractivity contribution in [1.29, 1.82) is 0 Å². The van der Waals surface area contributed by atoms with Crippen LogP contribution in [0.25, 0.3) is 0 Å². The van der Waals surface area contributed by atoms with Crippen molar-refractivity contribution in [2.45, 2.75) is 26.8 Å². The second-order valence-corrected chi connectivity index (χ2v) is 5.96. The number of aryl methyl sites for hydroxylation is 1. The number of piperazine rings is 1. The Kier molecular flexibility index (Phi) is 4.83. The van der Waals surface area contributed by atoms with E-state index in [2.05, 4.69) is 54.8 Å². The van der Waals surface area contributed by atoms with Crippen LogP contribution in [0.1, 0.15) is 19.4 Å². The summed E-state index contributed by atoms with van der Waals surface area (Å²) < 4.78 is 0. The molecule has 1 fully saturated rings. The van der Waals surface area contributed by atoms with E-state index in [9.17, 15) is 0 Å². The van der Waals surface area contributed by atoms with Crippen LogP contribution in [0, 0.1) is 12.8 Å². The van der Waals surface area contributed by atoms with Crippen LogP contribution in [0.5, 0.6) is 0 Å². The molecule has 1 aromatic carbocycles. The maximum atomic E-state index is 5.95. The zero-order valence-corrected chi connectivity index (χ0v) is 12.5. The molecule has 2 unspecified atom stereocenters. The fraction of sp³-hybridized carbons (Fsp3) is 0.625. The van der Waals surface area contributed by atoms with E-state index in [1.807, 2.05) is 0 Å². The molecule has 1 aliphatic heterocycles. The lowest BCUT2D eigenvalue weighted by molar-refractivity contribution is 0.214. The highest BCUT2D eigenvalue weighted by atomic mass is 15.3. The Morgan fingerprint density at radius 3 is 2.42 bits per heavy atom. The van der Waals surface area contributed by atoms with Gasteiger partial charge >= 0.3 is 0 Å². The number of nitrogens with zero attached hydrogens (tertiary/aromatic N) is 2. The Morgan fingerprint density at radius 2 is 1.84 bits per heavy atom. The van der Waals surface area contributed by atoms with Gasteiger partial charge in [-0.3, -0.25) is 4.90 Å². The standard InChI is InChI=1S/C16H27N3/c1-13-5-4-6-16(11-13)19-9-7-18(8-10-19)12-14(2)15(3)17/h4-6,11,14-15H,7-10,12,17H2,1-3H3. The van der Waals surface area contributed by atoms with E-state index in [0.717, 1.165) is 32.7 Å². The highest BCUT2D eigenvalue weighted by molar-refractivity contribution is 5.48. The normalized spacial score (nSPS) is 20.3. The molecule has 0 spiro atoms. The summed E-state index contributed by atoms with van der Waals surface area (Å²) in [5, 5.41) is 0. The van der Waals surface area contributed by atoms with Crippen LogP contribution in [0.2, 0.25) is 0 Å². The van der Waals surface area contributed by atoms with Gasteiger partial charge in [0.15, 0.2) is 0 Å². The minimum Gasteiger partial charge on any atom is -0.369 e. The number of rotatable bonds is 4. The van der Waals surface area contributed by atoms with Crippen molar-refractivity contribution < 1.29 is 0 Å². The first-order chi connectivity index (χ1) is 9.06.